The van der Waals surface area contributed by atoms with Crippen LogP contribution in [0.2, 0.25) is 0 Å². The van der Waals surface area contributed by atoms with Crippen molar-refractivity contribution in [1.82, 2.24) is 0 Å². The summed E-state index contributed by atoms with van der Waals surface area (Å²) in [6.07, 6.45) is 1.62. The molecule has 0 heterocycles. The van der Waals surface area contributed by atoms with Crippen LogP contribution in [0.4, 0.5) is 11.4 Å². The average molecular weight is 271 g/mol. The van der Waals surface area contributed by atoms with Crippen molar-refractivity contribution in [2.75, 3.05) is 11.1 Å². The minimum absolute atomic E-state index is 0. The second-order valence-corrected chi connectivity index (χ2v) is 5.07. The average Bonchev–Trinajstić information content (AvgIpc) is 2.19. The van der Waals surface area contributed by atoms with Gasteiger partial charge >= 0.3 is 0 Å². The molecular formula is C14H23ClN2O. The summed E-state index contributed by atoms with van der Waals surface area (Å²) in [5, 5.41) is 2.85. The number of carbonyl (C=O) groups excluding carboxylic acids is 1. The van der Waals surface area contributed by atoms with Crippen molar-refractivity contribution >= 4 is 29.7 Å². The molecule has 0 aliphatic carbocycles. The molecule has 1 unspecified atom stereocenters. The molecule has 1 aromatic rings. The van der Waals surface area contributed by atoms with Crippen LogP contribution in [-0.2, 0) is 4.79 Å². The summed E-state index contributed by atoms with van der Waals surface area (Å²) in [5.41, 5.74) is 7.08. The zero-order valence-electron chi connectivity index (χ0n) is 11.3. The highest BCUT2D eigenvalue weighted by molar-refractivity contribution is 5.93. The maximum atomic E-state index is 11.8. The fourth-order valence-corrected chi connectivity index (χ4v) is 2.02. The summed E-state index contributed by atoms with van der Waals surface area (Å²) in [6, 6.07) is 7.32. The van der Waals surface area contributed by atoms with E-state index in [1.807, 2.05) is 18.2 Å². The molecule has 3 nitrogen and oxygen atoms in total. The van der Waals surface area contributed by atoms with Gasteiger partial charge in [0.05, 0.1) is 11.4 Å². The monoisotopic (exact) mass is 270 g/mol. The number of anilines is 2. The van der Waals surface area contributed by atoms with Gasteiger partial charge in [-0.1, -0.05) is 32.9 Å². The highest BCUT2D eigenvalue weighted by Crippen LogP contribution is 2.19. The lowest BCUT2D eigenvalue weighted by atomic mass is 9.96. The van der Waals surface area contributed by atoms with Gasteiger partial charge in [0.25, 0.3) is 0 Å². The van der Waals surface area contributed by atoms with Crippen LogP contribution >= 0.6 is 12.4 Å². The number of amides is 1. The third kappa shape index (κ3) is 5.92. The highest BCUT2D eigenvalue weighted by atomic mass is 35.5. The minimum Gasteiger partial charge on any atom is -0.397 e. The van der Waals surface area contributed by atoms with Crippen molar-refractivity contribution in [3.05, 3.63) is 24.3 Å². The van der Waals surface area contributed by atoms with Gasteiger partial charge in [-0.05, 0) is 30.4 Å². The van der Waals surface area contributed by atoms with E-state index in [1.54, 1.807) is 6.07 Å². The van der Waals surface area contributed by atoms with Crippen molar-refractivity contribution in [3.8, 4) is 0 Å². The number of rotatable bonds is 5. The molecule has 0 saturated carbocycles. The van der Waals surface area contributed by atoms with Crippen LogP contribution in [0.5, 0.6) is 0 Å². The van der Waals surface area contributed by atoms with E-state index in [2.05, 4.69) is 26.1 Å². The molecule has 1 atom stereocenters. The van der Waals surface area contributed by atoms with E-state index in [9.17, 15) is 4.79 Å². The third-order valence-corrected chi connectivity index (χ3v) is 2.64. The fraction of sp³-hybridized carbons (Fsp3) is 0.500. The Kier molecular flexibility index (Phi) is 7.44. The quantitative estimate of drug-likeness (QED) is 0.802. The zero-order chi connectivity index (χ0) is 12.8. The predicted octanol–water partition coefficient (Wildman–Crippen LogP) is 3.70. The molecule has 0 saturated heterocycles. The Morgan fingerprint density at radius 3 is 2.44 bits per heavy atom. The number of benzene rings is 1. The molecule has 0 fully saturated rings. The molecular weight excluding hydrogens is 248 g/mol. The SMILES string of the molecule is CC(C)CC(C)CC(=O)Nc1ccccc1N.Cl. The first kappa shape index (κ1) is 16.8. The molecule has 1 rings (SSSR count). The van der Waals surface area contributed by atoms with Gasteiger partial charge in [0.1, 0.15) is 0 Å². The molecule has 1 amide bonds. The maximum absolute atomic E-state index is 11.8. The second kappa shape index (κ2) is 7.98. The molecule has 18 heavy (non-hydrogen) atoms. The Balaban J connectivity index is 0.00000289. The van der Waals surface area contributed by atoms with Crippen molar-refractivity contribution in [3.63, 3.8) is 0 Å². The summed E-state index contributed by atoms with van der Waals surface area (Å²) in [5.74, 6) is 1.07. The largest absolute Gasteiger partial charge is 0.397 e. The smallest absolute Gasteiger partial charge is 0.224 e. The number of nitrogens with two attached hydrogens (primary N) is 1. The van der Waals surface area contributed by atoms with Crippen LogP contribution in [0, 0.1) is 11.8 Å². The van der Waals surface area contributed by atoms with Gasteiger partial charge in [-0.3, -0.25) is 4.79 Å². The number of nitrogen functional groups attached to an aromatic ring is 1. The molecule has 102 valence electrons. The number of halogens is 1. The van der Waals surface area contributed by atoms with E-state index >= 15 is 0 Å². The van der Waals surface area contributed by atoms with Crippen LogP contribution < -0.4 is 11.1 Å². The van der Waals surface area contributed by atoms with Crippen LogP contribution in [0.25, 0.3) is 0 Å². The van der Waals surface area contributed by atoms with Crippen molar-refractivity contribution in [2.45, 2.75) is 33.6 Å². The third-order valence-electron chi connectivity index (χ3n) is 2.64. The Morgan fingerprint density at radius 1 is 1.28 bits per heavy atom. The Bertz CT molecular complexity index is 380. The van der Waals surface area contributed by atoms with Crippen LogP contribution in [0.1, 0.15) is 33.6 Å². The fourth-order valence-electron chi connectivity index (χ4n) is 2.02. The van der Waals surface area contributed by atoms with Crippen molar-refractivity contribution in [1.29, 1.82) is 0 Å². The number of carbonyl (C=O) groups is 1. The number of para-hydroxylation sites is 2. The van der Waals surface area contributed by atoms with Crippen LogP contribution in [-0.4, -0.2) is 5.91 Å². The lowest BCUT2D eigenvalue weighted by molar-refractivity contribution is -0.117. The number of nitrogens with one attached hydrogen (secondary N) is 1. The second-order valence-electron chi connectivity index (χ2n) is 5.07. The summed E-state index contributed by atoms with van der Waals surface area (Å²) in [6.45, 7) is 6.45. The first-order valence-electron chi connectivity index (χ1n) is 6.13. The van der Waals surface area contributed by atoms with Gasteiger partial charge in [-0.2, -0.15) is 0 Å². The summed E-state index contributed by atoms with van der Waals surface area (Å²) in [7, 11) is 0. The zero-order valence-corrected chi connectivity index (χ0v) is 12.1. The van der Waals surface area contributed by atoms with Gasteiger partial charge in [0, 0.05) is 6.42 Å². The molecule has 0 radical (unpaired) electrons. The van der Waals surface area contributed by atoms with Gasteiger partial charge in [-0.15, -0.1) is 12.4 Å². The van der Waals surface area contributed by atoms with Crippen LogP contribution in [0.15, 0.2) is 24.3 Å². The normalized spacial score (nSPS) is 11.8. The topological polar surface area (TPSA) is 55.1 Å². The standard InChI is InChI=1S/C14H22N2O.ClH/c1-10(2)8-11(3)9-14(17)16-13-7-5-4-6-12(13)15;/h4-7,10-11H,8-9,15H2,1-3H3,(H,16,17);1H. The van der Waals surface area contributed by atoms with Crippen molar-refractivity contribution < 1.29 is 4.79 Å². The van der Waals surface area contributed by atoms with Gasteiger partial charge < -0.3 is 11.1 Å². The molecule has 0 aliphatic heterocycles. The highest BCUT2D eigenvalue weighted by Gasteiger charge is 2.11. The summed E-state index contributed by atoms with van der Waals surface area (Å²) in [4.78, 5) is 11.8. The van der Waals surface area contributed by atoms with E-state index in [0.29, 0.717) is 29.6 Å². The molecule has 0 aromatic heterocycles. The molecule has 4 heteroatoms. The lowest BCUT2D eigenvalue weighted by Gasteiger charge is -2.14. The lowest BCUT2D eigenvalue weighted by Crippen LogP contribution is -2.16. The van der Waals surface area contributed by atoms with Gasteiger partial charge in [-0.25, -0.2) is 0 Å². The van der Waals surface area contributed by atoms with Gasteiger partial charge in [0.2, 0.25) is 5.91 Å². The first-order chi connectivity index (χ1) is 7.99. The minimum atomic E-state index is 0. The molecule has 0 bridgehead atoms. The predicted molar refractivity (Wildman–Crippen MR) is 80.0 cm³/mol. The molecule has 3 N–H and O–H groups in total. The number of hydrogen-bond donors (Lipinski definition) is 2. The Labute approximate surface area is 116 Å². The van der Waals surface area contributed by atoms with E-state index in [1.165, 1.54) is 0 Å². The maximum Gasteiger partial charge on any atom is 0.224 e. The number of hydrogen-bond acceptors (Lipinski definition) is 2. The summed E-state index contributed by atoms with van der Waals surface area (Å²) >= 11 is 0. The Hall–Kier alpha value is -1.22. The first-order valence-corrected chi connectivity index (χ1v) is 6.13. The molecule has 1 aromatic carbocycles. The Morgan fingerprint density at radius 2 is 1.89 bits per heavy atom. The molecule has 0 spiro atoms. The molecule has 0 aliphatic rings. The van der Waals surface area contributed by atoms with E-state index in [-0.39, 0.29) is 18.3 Å². The summed E-state index contributed by atoms with van der Waals surface area (Å²) < 4.78 is 0. The van der Waals surface area contributed by atoms with Gasteiger partial charge in [0.15, 0.2) is 0 Å². The van der Waals surface area contributed by atoms with E-state index in [0.717, 1.165) is 6.42 Å². The van der Waals surface area contributed by atoms with Crippen molar-refractivity contribution in [2.24, 2.45) is 11.8 Å². The van der Waals surface area contributed by atoms with E-state index < -0.39 is 0 Å². The van der Waals surface area contributed by atoms with E-state index in [4.69, 9.17) is 5.73 Å². The van der Waals surface area contributed by atoms with Crippen LogP contribution in [0.3, 0.4) is 0 Å².